The first-order valence-corrected chi connectivity index (χ1v) is 13.7. The second kappa shape index (κ2) is 13.7. The van der Waals surface area contributed by atoms with Gasteiger partial charge >= 0.3 is 12.1 Å². The van der Waals surface area contributed by atoms with Gasteiger partial charge in [-0.3, -0.25) is 4.79 Å². The van der Waals surface area contributed by atoms with E-state index in [0.717, 1.165) is 22.3 Å². The van der Waals surface area contributed by atoms with Gasteiger partial charge in [0, 0.05) is 12.3 Å². The first kappa shape index (κ1) is 29.4. The maximum atomic E-state index is 13.2. The van der Waals surface area contributed by atoms with Crippen LogP contribution < -0.4 is 15.4 Å². The van der Waals surface area contributed by atoms with Gasteiger partial charge in [-0.1, -0.05) is 87.2 Å². The molecule has 2 atom stereocenters. The quantitative estimate of drug-likeness (QED) is 0.246. The van der Waals surface area contributed by atoms with Crippen LogP contribution in [0.15, 0.2) is 85.5 Å². The van der Waals surface area contributed by atoms with Crippen LogP contribution in [0.1, 0.15) is 42.9 Å². The molecule has 0 radical (unpaired) electrons. The van der Waals surface area contributed by atoms with E-state index >= 15 is 0 Å². The Bertz CT molecular complexity index is 1340. The number of carboxylic acid groups (broad SMARTS) is 1. The Morgan fingerprint density at radius 2 is 1.51 bits per heavy atom. The summed E-state index contributed by atoms with van der Waals surface area (Å²) in [5.41, 5.74) is 5.12. The molecular formula is C33H36N2O6. The predicted molar refractivity (Wildman–Crippen MR) is 157 cm³/mol. The maximum Gasteiger partial charge on any atom is 0.407 e. The number of carboxylic acids is 1. The fourth-order valence-electron chi connectivity index (χ4n) is 5.07. The highest BCUT2D eigenvalue weighted by atomic mass is 16.5. The van der Waals surface area contributed by atoms with Crippen molar-refractivity contribution in [3.05, 3.63) is 102 Å². The van der Waals surface area contributed by atoms with E-state index < -0.39 is 30.1 Å². The third kappa shape index (κ3) is 7.54. The summed E-state index contributed by atoms with van der Waals surface area (Å²) in [7, 11) is 0. The molecule has 3 aromatic carbocycles. The zero-order valence-corrected chi connectivity index (χ0v) is 23.3. The van der Waals surface area contributed by atoms with Crippen molar-refractivity contribution in [2.75, 3.05) is 13.2 Å². The van der Waals surface area contributed by atoms with Crippen molar-refractivity contribution in [1.29, 1.82) is 0 Å². The summed E-state index contributed by atoms with van der Waals surface area (Å²) < 4.78 is 11.1. The van der Waals surface area contributed by atoms with E-state index in [0.29, 0.717) is 24.3 Å². The average molecular weight is 557 g/mol. The third-order valence-corrected chi connectivity index (χ3v) is 7.00. The summed E-state index contributed by atoms with van der Waals surface area (Å²) in [6, 6.07) is 20.9. The Morgan fingerprint density at radius 1 is 0.902 bits per heavy atom. The lowest BCUT2D eigenvalue weighted by molar-refractivity contribution is -0.142. The van der Waals surface area contributed by atoms with E-state index in [1.165, 1.54) is 0 Å². The SMILES string of the molecule is C=CCOc1ccc(C[C@H](NC(=O)[C@H](CC(C)C)NC(=O)OCC2c3ccccc3-c3ccccc32)C(=O)O)cc1. The standard InChI is InChI=1S/C33H36N2O6/c1-4-17-40-23-15-13-22(14-16-23)19-30(32(37)38)34-31(36)29(18-21(2)3)35-33(39)41-20-28-26-11-7-5-9-24(26)25-10-6-8-12-27(25)28/h4-16,21,28-30H,1,17-20H2,2-3H3,(H,34,36)(H,35,39)(H,37,38)/t29-,30-/m0/s1. The predicted octanol–water partition coefficient (Wildman–Crippen LogP) is 5.32. The van der Waals surface area contributed by atoms with Crippen molar-refractivity contribution < 1.29 is 29.0 Å². The highest BCUT2D eigenvalue weighted by Crippen LogP contribution is 2.44. The molecule has 0 aliphatic heterocycles. The molecule has 1 aliphatic rings. The zero-order valence-electron chi connectivity index (χ0n) is 23.3. The highest BCUT2D eigenvalue weighted by Gasteiger charge is 2.31. The molecule has 0 aromatic heterocycles. The molecule has 0 saturated heterocycles. The largest absolute Gasteiger partial charge is 0.490 e. The number of carbonyl (C=O) groups is 3. The fourth-order valence-corrected chi connectivity index (χ4v) is 5.07. The van der Waals surface area contributed by atoms with Gasteiger partial charge in [0.05, 0.1) is 0 Å². The molecule has 3 aromatic rings. The number of alkyl carbamates (subject to hydrolysis) is 1. The molecule has 1 aliphatic carbocycles. The number of amides is 2. The summed E-state index contributed by atoms with van der Waals surface area (Å²) >= 11 is 0. The van der Waals surface area contributed by atoms with Crippen LogP contribution in [0.4, 0.5) is 4.79 Å². The van der Waals surface area contributed by atoms with Crippen LogP contribution >= 0.6 is 0 Å². The first-order chi connectivity index (χ1) is 19.8. The average Bonchev–Trinajstić information content (AvgIpc) is 3.28. The van der Waals surface area contributed by atoms with Gasteiger partial charge in [0.2, 0.25) is 5.91 Å². The van der Waals surface area contributed by atoms with Crippen LogP contribution in [-0.2, 0) is 20.7 Å². The highest BCUT2D eigenvalue weighted by molar-refractivity contribution is 5.89. The third-order valence-electron chi connectivity index (χ3n) is 7.00. The maximum absolute atomic E-state index is 13.2. The van der Waals surface area contributed by atoms with E-state index in [4.69, 9.17) is 9.47 Å². The molecule has 8 nitrogen and oxygen atoms in total. The molecule has 4 rings (SSSR count). The lowest BCUT2D eigenvalue weighted by Gasteiger charge is -2.23. The molecule has 8 heteroatoms. The summed E-state index contributed by atoms with van der Waals surface area (Å²) in [6.07, 6.45) is 1.29. The molecule has 0 spiro atoms. The van der Waals surface area contributed by atoms with Gasteiger partial charge in [0.25, 0.3) is 0 Å². The number of rotatable bonds is 13. The molecule has 0 saturated carbocycles. The van der Waals surface area contributed by atoms with Gasteiger partial charge < -0.3 is 25.2 Å². The second-order valence-electron chi connectivity index (χ2n) is 10.5. The zero-order chi connectivity index (χ0) is 29.4. The van der Waals surface area contributed by atoms with Crippen molar-refractivity contribution in [2.45, 2.75) is 44.7 Å². The Balaban J connectivity index is 1.38. The summed E-state index contributed by atoms with van der Waals surface area (Å²) in [6.45, 7) is 7.92. The number of carbonyl (C=O) groups excluding carboxylic acids is 2. The van der Waals surface area contributed by atoms with E-state index in [-0.39, 0.29) is 24.9 Å². The smallest absolute Gasteiger partial charge is 0.407 e. The van der Waals surface area contributed by atoms with Gasteiger partial charge in [0.15, 0.2) is 0 Å². The van der Waals surface area contributed by atoms with E-state index in [1.54, 1.807) is 30.3 Å². The van der Waals surface area contributed by atoms with Crippen LogP contribution in [-0.4, -0.2) is 48.4 Å². The van der Waals surface area contributed by atoms with Gasteiger partial charge in [-0.05, 0) is 52.3 Å². The molecule has 2 amide bonds. The molecule has 0 unspecified atom stereocenters. The summed E-state index contributed by atoms with van der Waals surface area (Å²) in [5.74, 6) is -1.17. The summed E-state index contributed by atoms with van der Waals surface area (Å²) in [5, 5.41) is 15.1. The van der Waals surface area contributed by atoms with E-state index in [2.05, 4.69) is 29.3 Å². The summed E-state index contributed by atoms with van der Waals surface area (Å²) in [4.78, 5) is 38.1. The molecule has 0 heterocycles. The van der Waals surface area contributed by atoms with Crippen molar-refractivity contribution in [2.24, 2.45) is 5.92 Å². The second-order valence-corrected chi connectivity index (χ2v) is 10.5. The minimum atomic E-state index is -1.18. The number of benzene rings is 3. The van der Waals surface area contributed by atoms with Crippen molar-refractivity contribution in [3.63, 3.8) is 0 Å². The number of hydrogen-bond donors (Lipinski definition) is 3. The normalized spacial score (nSPS) is 13.4. The van der Waals surface area contributed by atoms with Crippen LogP contribution in [0.25, 0.3) is 11.1 Å². The van der Waals surface area contributed by atoms with Crippen LogP contribution in [0.2, 0.25) is 0 Å². The lowest BCUT2D eigenvalue weighted by atomic mass is 9.98. The van der Waals surface area contributed by atoms with Gasteiger partial charge in [-0.2, -0.15) is 0 Å². The van der Waals surface area contributed by atoms with Crippen LogP contribution in [0.5, 0.6) is 5.75 Å². The van der Waals surface area contributed by atoms with Crippen molar-refractivity contribution in [1.82, 2.24) is 10.6 Å². The van der Waals surface area contributed by atoms with Gasteiger partial charge in [-0.25, -0.2) is 9.59 Å². The van der Waals surface area contributed by atoms with Crippen LogP contribution in [0, 0.1) is 5.92 Å². The van der Waals surface area contributed by atoms with Crippen LogP contribution in [0.3, 0.4) is 0 Å². The minimum Gasteiger partial charge on any atom is -0.490 e. The van der Waals surface area contributed by atoms with E-state index in [9.17, 15) is 19.5 Å². The number of aliphatic carboxylic acids is 1. The van der Waals surface area contributed by atoms with Crippen molar-refractivity contribution >= 4 is 18.0 Å². The number of ether oxygens (including phenoxy) is 2. The Labute approximate surface area is 240 Å². The molecule has 0 fully saturated rings. The van der Waals surface area contributed by atoms with Gasteiger partial charge in [0.1, 0.15) is 31.0 Å². The number of hydrogen-bond acceptors (Lipinski definition) is 5. The number of fused-ring (bicyclic) bond motifs is 3. The molecular weight excluding hydrogens is 520 g/mol. The fraction of sp³-hybridized carbons (Fsp3) is 0.303. The van der Waals surface area contributed by atoms with Gasteiger partial charge in [-0.15, -0.1) is 0 Å². The van der Waals surface area contributed by atoms with Crippen molar-refractivity contribution in [3.8, 4) is 16.9 Å². The Kier molecular flexibility index (Phi) is 9.79. The lowest BCUT2D eigenvalue weighted by Crippen LogP contribution is -2.52. The first-order valence-electron chi connectivity index (χ1n) is 13.7. The van der Waals surface area contributed by atoms with E-state index in [1.807, 2.05) is 50.2 Å². The molecule has 214 valence electrons. The monoisotopic (exact) mass is 556 g/mol. The molecule has 3 N–H and O–H groups in total. The minimum absolute atomic E-state index is 0.0611. The molecule has 0 bridgehead atoms. The topological polar surface area (TPSA) is 114 Å². The Morgan fingerprint density at radius 3 is 2.07 bits per heavy atom. The molecule has 41 heavy (non-hydrogen) atoms. The Hall–Kier alpha value is -4.59. The number of nitrogens with one attached hydrogen (secondary N) is 2.